The highest BCUT2D eigenvalue weighted by atomic mass is 79.9. The summed E-state index contributed by atoms with van der Waals surface area (Å²) in [4.78, 5) is 15.6. The minimum atomic E-state index is -0.0740. The van der Waals surface area contributed by atoms with Crippen LogP contribution in [0.3, 0.4) is 0 Å². The van der Waals surface area contributed by atoms with E-state index in [-0.39, 0.29) is 5.91 Å². The molecule has 104 valence electrons. The molecule has 0 aliphatic carbocycles. The summed E-state index contributed by atoms with van der Waals surface area (Å²) in [7, 11) is 0. The molecule has 2 N–H and O–H groups in total. The number of para-hydroxylation sites is 1. The predicted octanol–water partition coefficient (Wildman–Crippen LogP) is 3.72. The molecule has 0 radical (unpaired) electrons. The third-order valence-corrected chi connectivity index (χ3v) is 3.65. The van der Waals surface area contributed by atoms with Crippen LogP contribution in [0.5, 0.6) is 0 Å². The van der Waals surface area contributed by atoms with Crippen molar-refractivity contribution in [3.8, 4) is 0 Å². The zero-order valence-electron chi connectivity index (χ0n) is 11.4. The largest absolute Gasteiger partial charge is 0.366 e. The fourth-order valence-electron chi connectivity index (χ4n) is 1.81. The van der Waals surface area contributed by atoms with Crippen LogP contribution in [-0.4, -0.2) is 10.9 Å². The molecule has 0 aliphatic rings. The first kappa shape index (κ1) is 14.5. The summed E-state index contributed by atoms with van der Waals surface area (Å²) in [6, 6.07) is 11.6. The van der Waals surface area contributed by atoms with Crippen LogP contribution in [0.4, 0.5) is 11.5 Å². The highest BCUT2D eigenvalue weighted by molar-refractivity contribution is 9.10. The molecule has 20 heavy (non-hydrogen) atoms. The molecule has 0 saturated carbocycles. The van der Waals surface area contributed by atoms with Crippen molar-refractivity contribution in [3.63, 3.8) is 0 Å². The maximum atomic E-state index is 11.2. The predicted molar refractivity (Wildman–Crippen MR) is 84.7 cm³/mol. The number of anilines is 2. The van der Waals surface area contributed by atoms with Crippen molar-refractivity contribution in [3.05, 3.63) is 52.1 Å². The van der Waals surface area contributed by atoms with E-state index >= 15 is 0 Å². The van der Waals surface area contributed by atoms with Crippen LogP contribution in [0.2, 0.25) is 0 Å². The topological polar surface area (TPSA) is 54.0 Å². The number of carbonyl (C=O) groups excluding carboxylic acids is 1. The Morgan fingerprint density at radius 1 is 1.25 bits per heavy atom. The van der Waals surface area contributed by atoms with Crippen LogP contribution >= 0.6 is 15.9 Å². The zero-order chi connectivity index (χ0) is 14.5. The average molecular weight is 334 g/mol. The number of amides is 1. The van der Waals surface area contributed by atoms with Crippen LogP contribution in [0.25, 0.3) is 0 Å². The van der Waals surface area contributed by atoms with Crippen molar-refractivity contribution in [2.45, 2.75) is 20.4 Å². The summed E-state index contributed by atoms with van der Waals surface area (Å²) >= 11 is 3.43. The Bertz CT molecular complexity index is 628. The van der Waals surface area contributed by atoms with Gasteiger partial charge in [-0.1, -0.05) is 18.2 Å². The summed E-state index contributed by atoms with van der Waals surface area (Å²) in [5.74, 6) is 0.735. The molecule has 0 unspecified atom stereocenters. The third-order valence-electron chi connectivity index (χ3n) is 2.81. The van der Waals surface area contributed by atoms with Gasteiger partial charge in [0.1, 0.15) is 5.82 Å². The van der Waals surface area contributed by atoms with Gasteiger partial charge >= 0.3 is 0 Å². The summed E-state index contributed by atoms with van der Waals surface area (Å²) in [5.41, 5.74) is 2.77. The zero-order valence-corrected chi connectivity index (χ0v) is 13.0. The highest BCUT2D eigenvalue weighted by Crippen LogP contribution is 2.19. The Balaban J connectivity index is 2.10. The van der Waals surface area contributed by atoms with Gasteiger partial charge in [-0.2, -0.15) is 0 Å². The van der Waals surface area contributed by atoms with E-state index in [1.165, 1.54) is 6.92 Å². The lowest BCUT2D eigenvalue weighted by atomic mass is 10.1. The Hall–Kier alpha value is -1.88. The lowest BCUT2D eigenvalue weighted by Gasteiger charge is -2.11. The normalized spacial score (nSPS) is 10.2. The average Bonchev–Trinajstić information content (AvgIpc) is 2.41. The van der Waals surface area contributed by atoms with E-state index in [1.807, 2.05) is 43.3 Å². The first-order chi connectivity index (χ1) is 9.56. The molecule has 1 aromatic heterocycles. The van der Waals surface area contributed by atoms with Gasteiger partial charge in [0.15, 0.2) is 0 Å². The second-order valence-corrected chi connectivity index (χ2v) is 5.31. The van der Waals surface area contributed by atoms with Crippen LogP contribution in [0.1, 0.15) is 18.2 Å². The number of aromatic nitrogens is 1. The second-order valence-electron chi connectivity index (χ2n) is 4.46. The van der Waals surface area contributed by atoms with E-state index < -0.39 is 0 Å². The van der Waals surface area contributed by atoms with E-state index in [9.17, 15) is 4.79 Å². The van der Waals surface area contributed by atoms with E-state index in [2.05, 4.69) is 31.5 Å². The summed E-state index contributed by atoms with van der Waals surface area (Å²) in [6.07, 6.45) is 0. The Morgan fingerprint density at radius 2 is 2.00 bits per heavy atom. The van der Waals surface area contributed by atoms with Gasteiger partial charge in [0.05, 0.1) is 5.69 Å². The number of hydrogen-bond acceptors (Lipinski definition) is 3. The Kier molecular flexibility index (Phi) is 4.74. The number of nitrogens with one attached hydrogen (secondary N) is 2. The number of benzene rings is 1. The maximum absolute atomic E-state index is 11.2. The van der Waals surface area contributed by atoms with Gasteiger partial charge < -0.3 is 10.6 Å². The Morgan fingerprint density at radius 3 is 2.70 bits per heavy atom. The molecule has 4 nitrogen and oxygen atoms in total. The molecule has 0 aliphatic heterocycles. The monoisotopic (exact) mass is 333 g/mol. The number of rotatable bonds is 4. The molecular formula is C15H16BrN3O. The summed E-state index contributed by atoms with van der Waals surface area (Å²) in [6.45, 7) is 4.05. The number of nitrogens with zero attached hydrogens (tertiary/aromatic N) is 1. The smallest absolute Gasteiger partial charge is 0.221 e. The summed E-state index contributed by atoms with van der Waals surface area (Å²) < 4.78 is 0.988. The van der Waals surface area contributed by atoms with Crippen molar-refractivity contribution in [1.29, 1.82) is 0 Å². The highest BCUT2D eigenvalue weighted by Gasteiger charge is 2.04. The van der Waals surface area contributed by atoms with Gasteiger partial charge in [-0.05, 0) is 46.6 Å². The van der Waals surface area contributed by atoms with E-state index in [4.69, 9.17) is 0 Å². The molecule has 1 aromatic carbocycles. The van der Waals surface area contributed by atoms with Gasteiger partial charge in [0.25, 0.3) is 0 Å². The molecule has 0 bridgehead atoms. The second kappa shape index (κ2) is 6.52. The van der Waals surface area contributed by atoms with Crippen molar-refractivity contribution in [2.75, 3.05) is 10.6 Å². The van der Waals surface area contributed by atoms with E-state index in [1.54, 1.807) is 0 Å². The molecule has 0 atom stereocenters. The number of halogens is 1. The van der Waals surface area contributed by atoms with Crippen molar-refractivity contribution < 1.29 is 4.79 Å². The number of carbonyl (C=O) groups is 1. The van der Waals surface area contributed by atoms with Gasteiger partial charge in [-0.15, -0.1) is 0 Å². The maximum Gasteiger partial charge on any atom is 0.221 e. The lowest BCUT2D eigenvalue weighted by Crippen LogP contribution is -2.10. The molecule has 2 aromatic rings. The molecule has 1 heterocycles. The number of pyridine rings is 1. The van der Waals surface area contributed by atoms with Gasteiger partial charge in [0, 0.05) is 23.6 Å². The van der Waals surface area contributed by atoms with Gasteiger partial charge in [-0.25, -0.2) is 4.98 Å². The fraction of sp³-hybridized carbons (Fsp3) is 0.200. The molecular weight excluding hydrogens is 318 g/mol. The van der Waals surface area contributed by atoms with Crippen LogP contribution in [0.15, 0.2) is 40.9 Å². The SMILES string of the molecule is CC(=O)Nc1ccccc1CNc1ccc(Br)c(C)n1. The van der Waals surface area contributed by atoms with Crippen LogP contribution in [-0.2, 0) is 11.3 Å². The van der Waals surface area contributed by atoms with E-state index in [0.717, 1.165) is 27.2 Å². The summed E-state index contributed by atoms with van der Waals surface area (Å²) in [5, 5.41) is 6.08. The minimum Gasteiger partial charge on any atom is -0.366 e. The molecule has 1 amide bonds. The van der Waals surface area contributed by atoms with Crippen molar-refractivity contribution >= 4 is 33.3 Å². The number of aryl methyl sites for hydroxylation is 1. The van der Waals surface area contributed by atoms with Crippen LogP contribution < -0.4 is 10.6 Å². The first-order valence-corrected chi connectivity index (χ1v) is 7.08. The van der Waals surface area contributed by atoms with Crippen molar-refractivity contribution in [2.24, 2.45) is 0 Å². The number of hydrogen-bond donors (Lipinski definition) is 2. The van der Waals surface area contributed by atoms with Gasteiger partial charge in [-0.3, -0.25) is 4.79 Å². The minimum absolute atomic E-state index is 0.0740. The molecule has 0 saturated heterocycles. The first-order valence-electron chi connectivity index (χ1n) is 6.29. The van der Waals surface area contributed by atoms with Crippen molar-refractivity contribution in [1.82, 2.24) is 4.98 Å². The van der Waals surface area contributed by atoms with E-state index in [0.29, 0.717) is 6.54 Å². The fourth-order valence-corrected chi connectivity index (χ4v) is 2.04. The quantitative estimate of drug-likeness (QED) is 0.896. The standard InChI is InChI=1S/C15H16BrN3O/c1-10-13(16)7-8-15(18-10)17-9-12-5-3-4-6-14(12)19-11(2)20/h3-8H,9H2,1-2H3,(H,17,18)(H,19,20). The van der Waals surface area contributed by atoms with Crippen LogP contribution in [0, 0.1) is 6.92 Å². The lowest BCUT2D eigenvalue weighted by molar-refractivity contribution is -0.114. The molecule has 0 fully saturated rings. The van der Waals surface area contributed by atoms with Gasteiger partial charge in [0.2, 0.25) is 5.91 Å². The Labute approximate surface area is 126 Å². The molecule has 5 heteroatoms. The molecule has 2 rings (SSSR count). The third kappa shape index (κ3) is 3.81. The molecule has 0 spiro atoms.